The van der Waals surface area contributed by atoms with Crippen molar-refractivity contribution in [1.29, 1.82) is 0 Å². The van der Waals surface area contributed by atoms with Gasteiger partial charge in [0, 0.05) is 31.5 Å². The molecule has 1 aromatic carbocycles. The molecule has 0 saturated heterocycles. The molecule has 0 radical (unpaired) electrons. The largest absolute Gasteiger partial charge is 0.501 e. The molecule has 1 amide bonds. The first kappa shape index (κ1) is 20.6. The minimum Gasteiger partial charge on any atom is -0.501 e. The van der Waals surface area contributed by atoms with Gasteiger partial charge in [-0.3, -0.25) is 9.59 Å². The van der Waals surface area contributed by atoms with Crippen molar-refractivity contribution in [3.05, 3.63) is 57.3 Å². The number of fused-ring (bicyclic) bond motifs is 1. The van der Waals surface area contributed by atoms with Crippen LogP contribution < -0.4 is 5.56 Å². The monoisotopic (exact) mass is 409 g/mol. The van der Waals surface area contributed by atoms with Gasteiger partial charge in [0.05, 0.1) is 0 Å². The Hall–Kier alpha value is -2.63. The average Bonchev–Trinajstić information content (AvgIpc) is 3.23. The van der Waals surface area contributed by atoms with Crippen LogP contribution in [0.4, 0.5) is 0 Å². The molecule has 1 aromatic heterocycles. The van der Waals surface area contributed by atoms with Gasteiger partial charge in [0.25, 0.3) is 5.91 Å². The lowest BCUT2D eigenvalue weighted by atomic mass is 9.75. The van der Waals surface area contributed by atoms with E-state index in [-0.39, 0.29) is 23.1 Å². The van der Waals surface area contributed by atoms with Gasteiger partial charge >= 0.3 is 5.56 Å². The highest BCUT2D eigenvalue weighted by Crippen LogP contribution is 2.44. The van der Waals surface area contributed by atoms with Gasteiger partial charge in [-0.15, -0.1) is 0 Å². The third-order valence-corrected chi connectivity index (χ3v) is 7.18. The summed E-state index contributed by atoms with van der Waals surface area (Å²) < 4.78 is 1.82. The fourth-order valence-electron chi connectivity index (χ4n) is 5.25. The summed E-state index contributed by atoms with van der Waals surface area (Å²) in [5.41, 5.74) is 1.90. The summed E-state index contributed by atoms with van der Waals surface area (Å²) in [7, 11) is 1.73. The minimum absolute atomic E-state index is 0.0235. The number of nitrogens with zero attached hydrogens (tertiary/aromatic N) is 3. The SMILES string of the molecule is CCc1cccc(C2(Cc3nc(=O)c(O)c4n3C[C@@H](CC)N(C)C4=O)CCCC2)c1. The van der Waals surface area contributed by atoms with Crippen LogP contribution >= 0.6 is 0 Å². The molecule has 0 spiro atoms. The second kappa shape index (κ2) is 7.89. The first-order valence-electron chi connectivity index (χ1n) is 11.1. The fourth-order valence-corrected chi connectivity index (χ4v) is 5.25. The van der Waals surface area contributed by atoms with Crippen LogP contribution in [0.25, 0.3) is 0 Å². The van der Waals surface area contributed by atoms with Gasteiger partial charge in [-0.05, 0) is 36.8 Å². The molecule has 1 N–H and O–H groups in total. The van der Waals surface area contributed by atoms with Gasteiger partial charge in [0.1, 0.15) is 5.82 Å². The summed E-state index contributed by atoms with van der Waals surface area (Å²) in [5, 5.41) is 10.4. The minimum atomic E-state index is -0.705. The molecule has 2 aliphatic rings. The molecule has 2 heterocycles. The van der Waals surface area contributed by atoms with Gasteiger partial charge in [-0.2, -0.15) is 4.98 Å². The van der Waals surface area contributed by atoms with Crippen LogP contribution in [0.5, 0.6) is 5.75 Å². The molecule has 6 heteroatoms. The van der Waals surface area contributed by atoms with Crippen molar-refractivity contribution < 1.29 is 9.90 Å². The third-order valence-electron chi connectivity index (χ3n) is 7.18. The van der Waals surface area contributed by atoms with Crippen LogP contribution in [0.2, 0.25) is 0 Å². The number of aryl methyl sites for hydroxylation is 1. The van der Waals surface area contributed by atoms with Crippen molar-refractivity contribution in [3.8, 4) is 5.75 Å². The second-order valence-electron chi connectivity index (χ2n) is 8.84. The summed E-state index contributed by atoms with van der Waals surface area (Å²) in [6, 6.07) is 8.77. The van der Waals surface area contributed by atoms with Crippen LogP contribution in [0, 0.1) is 0 Å². The topological polar surface area (TPSA) is 75.4 Å². The molecule has 1 fully saturated rings. The molecular formula is C24H31N3O3. The predicted molar refractivity (Wildman–Crippen MR) is 116 cm³/mol. The zero-order chi connectivity index (χ0) is 21.5. The number of aromatic nitrogens is 2. The van der Waals surface area contributed by atoms with E-state index in [4.69, 9.17) is 0 Å². The fraction of sp³-hybridized carbons (Fsp3) is 0.542. The third kappa shape index (κ3) is 3.32. The molecule has 160 valence electrons. The maximum Gasteiger partial charge on any atom is 0.315 e. The smallest absolute Gasteiger partial charge is 0.315 e. The van der Waals surface area contributed by atoms with Crippen molar-refractivity contribution in [2.45, 2.75) is 76.8 Å². The quantitative estimate of drug-likeness (QED) is 0.821. The molecule has 1 aliphatic carbocycles. The first-order chi connectivity index (χ1) is 14.4. The molecule has 0 bridgehead atoms. The van der Waals surface area contributed by atoms with E-state index in [2.05, 4.69) is 36.2 Å². The molecule has 4 rings (SSSR count). The zero-order valence-electron chi connectivity index (χ0n) is 18.1. The van der Waals surface area contributed by atoms with Crippen LogP contribution in [-0.4, -0.2) is 38.6 Å². The standard InChI is InChI=1S/C24H31N3O3/c1-4-16-9-8-10-17(13-16)24(11-6-7-12-24)14-19-25-22(29)21(28)20-23(30)26(3)18(5-2)15-27(19)20/h8-10,13,18,28H,4-7,11-12,14-15H2,1-3H3/t18-/m1/s1. The van der Waals surface area contributed by atoms with E-state index in [9.17, 15) is 14.7 Å². The van der Waals surface area contributed by atoms with Gasteiger partial charge < -0.3 is 14.6 Å². The Labute approximate surface area is 177 Å². The number of amides is 1. The van der Waals surface area contributed by atoms with Crippen molar-refractivity contribution in [3.63, 3.8) is 0 Å². The number of rotatable bonds is 5. The van der Waals surface area contributed by atoms with E-state index in [0.29, 0.717) is 18.8 Å². The zero-order valence-corrected chi connectivity index (χ0v) is 18.1. The number of likely N-dealkylation sites (N-methyl/N-ethyl adjacent to an activating group) is 1. The van der Waals surface area contributed by atoms with Crippen LogP contribution in [0.15, 0.2) is 29.1 Å². The van der Waals surface area contributed by atoms with Gasteiger partial charge in [-0.25, -0.2) is 0 Å². The summed E-state index contributed by atoms with van der Waals surface area (Å²) in [6.07, 6.45) is 6.76. The number of carbonyl (C=O) groups is 1. The highest BCUT2D eigenvalue weighted by atomic mass is 16.3. The molecule has 1 saturated carbocycles. The summed E-state index contributed by atoms with van der Waals surface area (Å²) in [5.74, 6) is -0.213. The molecule has 6 nitrogen and oxygen atoms in total. The normalized spacial score (nSPS) is 20.4. The van der Waals surface area contributed by atoms with Crippen LogP contribution in [-0.2, 0) is 24.8 Å². The van der Waals surface area contributed by atoms with E-state index < -0.39 is 11.3 Å². The first-order valence-corrected chi connectivity index (χ1v) is 11.1. The summed E-state index contributed by atoms with van der Waals surface area (Å²) in [6.45, 7) is 4.75. The molecule has 0 unspecified atom stereocenters. The lowest BCUT2D eigenvalue weighted by Crippen LogP contribution is -2.48. The lowest BCUT2D eigenvalue weighted by Gasteiger charge is -2.37. The van der Waals surface area contributed by atoms with E-state index in [0.717, 1.165) is 38.5 Å². The average molecular weight is 410 g/mol. The Morgan fingerprint density at radius 3 is 2.60 bits per heavy atom. The van der Waals surface area contributed by atoms with Gasteiger partial charge in [0.2, 0.25) is 5.75 Å². The Bertz CT molecular complexity index is 1020. The maximum atomic E-state index is 13.0. The van der Waals surface area contributed by atoms with E-state index in [1.807, 2.05) is 11.5 Å². The van der Waals surface area contributed by atoms with Gasteiger partial charge in [0.15, 0.2) is 5.69 Å². The number of hydrogen-bond acceptors (Lipinski definition) is 4. The summed E-state index contributed by atoms with van der Waals surface area (Å²) >= 11 is 0. The van der Waals surface area contributed by atoms with Crippen molar-refractivity contribution in [1.82, 2.24) is 14.5 Å². The number of benzene rings is 1. The van der Waals surface area contributed by atoms with Crippen LogP contribution in [0.1, 0.15) is 73.4 Å². The van der Waals surface area contributed by atoms with Crippen molar-refractivity contribution in [2.75, 3.05) is 7.05 Å². The Morgan fingerprint density at radius 1 is 1.20 bits per heavy atom. The van der Waals surface area contributed by atoms with E-state index in [1.54, 1.807) is 11.9 Å². The predicted octanol–water partition coefficient (Wildman–Crippen LogP) is 3.43. The lowest BCUT2D eigenvalue weighted by molar-refractivity contribution is 0.0637. The second-order valence-corrected chi connectivity index (χ2v) is 8.84. The van der Waals surface area contributed by atoms with Crippen LogP contribution in [0.3, 0.4) is 0 Å². The van der Waals surface area contributed by atoms with Crippen molar-refractivity contribution >= 4 is 5.91 Å². The molecule has 30 heavy (non-hydrogen) atoms. The highest BCUT2D eigenvalue weighted by Gasteiger charge is 2.40. The maximum absolute atomic E-state index is 13.0. The molecular weight excluding hydrogens is 378 g/mol. The number of carbonyl (C=O) groups excluding carboxylic acids is 1. The van der Waals surface area contributed by atoms with Crippen molar-refractivity contribution in [2.24, 2.45) is 0 Å². The Balaban J connectivity index is 1.83. The summed E-state index contributed by atoms with van der Waals surface area (Å²) in [4.78, 5) is 31.4. The molecule has 1 aliphatic heterocycles. The Morgan fingerprint density at radius 2 is 1.93 bits per heavy atom. The molecule has 2 aromatic rings. The van der Waals surface area contributed by atoms with Gasteiger partial charge in [-0.1, -0.05) is 51.0 Å². The molecule has 1 atom stereocenters. The highest BCUT2D eigenvalue weighted by molar-refractivity contribution is 5.95. The number of aromatic hydroxyl groups is 1. The van der Waals surface area contributed by atoms with E-state index >= 15 is 0 Å². The van der Waals surface area contributed by atoms with E-state index in [1.165, 1.54) is 11.1 Å². The number of hydrogen-bond donors (Lipinski definition) is 1. The Kier molecular flexibility index (Phi) is 5.43.